The zero-order chi connectivity index (χ0) is 18.5. The van der Waals surface area contributed by atoms with E-state index in [1.54, 1.807) is 12.1 Å². The van der Waals surface area contributed by atoms with Gasteiger partial charge in [-0.15, -0.1) is 0 Å². The van der Waals surface area contributed by atoms with Gasteiger partial charge in [0.2, 0.25) is 0 Å². The van der Waals surface area contributed by atoms with Crippen LogP contribution in [0.15, 0.2) is 40.8 Å². The lowest BCUT2D eigenvalue weighted by molar-refractivity contribution is -0.142. The van der Waals surface area contributed by atoms with E-state index in [4.69, 9.17) is 14.3 Å². The van der Waals surface area contributed by atoms with Gasteiger partial charge in [0.15, 0.2) is 5.76 Å². The Labute approximate surface area is 150 Å². The number of hydrogen-bond acceptors (Lipinski definition) is 4. The fourth-order valence-electron chi connectivity index (χ4n) is 3.00. The molecule has 1 aliphatic carbocycles. The van der Waals surface area contributed by atoms with Crippen LogP contribution in [0.2, 0.25) is 0 Å². The van der Waals surface area contributed by atoms with Crippen LogP contribution in [0.5, 0.6) is 5.75 Å². The highest BCUT2D eigenvalue weighted by Crippen LogP contribution is 2.24. The van der Waals surface area contributed by atoms with E-state index in [2.05, 4.69) is 5.32 Å². The maximum atomic E-state index is 12.8. The van der Waals surface area contributed by atoms with Gasteiger partial charge in [-0.2, -0.15) is 0 Å². The number of nitrogens with one attached hydrogen (secondary N) is 1. The fourth-order valence-corrected chi connectivity index (χ4v) is 3.00. The second-order valence-electron chi connectivity index (χ2n) is 6.37. The molecule has 7 heteroatoms. The lowest BCUT2D eigenvalue weighted by Crippen LogP contribution is -2.38. The summed E-state index contributed by atoms with van der Waals surface area (Å²) in [6.07, 6.45) is 2.41. The van der Waals surface area contributed by atoms with Crippen LogP contribution in [0.3, 0.4) is 0 Å². The van der Waals surface area contributed by atoms with Gasteiger partial charge in [-0.25, -0.2) is 4.39 Å². The Bertz CT molecular complexity index is 762. The quantitative estimate of drug-likeness (QED) is 0.823. The van der Waals surface area contributed by atoms with Crippen molar-refractivity contribution in [2.45, 2.75) is 38.3 Å². The Hall–Kier alpha value is -2.83. The normalized spacial score (nSPS) is 19.7. The average Bonchev–Trinajstić information content (AvgIpc) is 3.11. The van der Waals surface area contributed by atoms with Crippen molar-refractivity contribution in [1.82, 2.24) is 5.32 Å². The summed E-state index contributed by atoms with van der Waals surface area (Å²) >= 11 is 0. The molecular weight excluding hydrogens is 341 g/mol. The Morgan fingerprint density at radius 1 is 1.12 bits per heavy atom. The molecule has 0 unspecified atom stereocenters. The summed E-state index contributed by atoms with van der Waals surface area (Å²) in [6, 6.07) is 8.81. The minimum Gasteiger partial charge on any atom is -0.486 e. The molecule has 1 saturated carbocycles. The van der Waals surface area contributed by atoms with E-state index < -0.39 is 5.97 Å². The number of rotatable bonds is 6. The summed E-state index contributed by atoms with van der Waals surface area (Å²) in [4.78, 5) is 23.2. The Kier molecular flexibility index (Phi) is 5.55. The first-order valence-electron chi connectivity index (χ1n) is 8.52. The molecule has 3 rings (SSSR count). The van der Waals surface area contributed by atoms with E-state index in [1.165, 1.54) is 24.3 Å². The van der Waals surface area contributed by atoms with E-state index in [9.17, 15) is 14.0 Å². The smallest absolute Gasteiger partial charge is 0.306 e. The van der Waals surface area contributed by atoms with Gasteiger partial charge in [-0.05, 0) is 62.1 Å². The zero-order valence-corrected chi connectivity index (χ0v) is 14.1. The average molecular weight is 361 g/mol. The number of carboxylic acid groups (broad SMARTS) is 1. The summed E-state index contributed by atoms with van der Waals surface area (Å²) in [5, 5.41) is 11.9. The third-order valence-electron chi connectivity index (χ3n) is 4.49. The van der Waals surface area contributed by atoms with Gasteiger partial charge in [0.25, 0.3) is 5.91 Å². The molecular formula is C19H20FNO5. The SMILES string of the molecule is O=C(NC1CCC(C(=O)O)CC1)c1ccc(COc2ccc(F)cc2)o1. The molecule has 1 aliphatic rings. The number of ether oxygens (including phenoxy) is 1. The topological polar surface area (TPSA) is 88.8 Å². The van der Waals surface area contributed by atoms with Crippen molar-refractivity contribution in [3.63, 3.8) is 0 Å². The Morgan fingerprint density at radius 3 is 2.46 bits per heavy atom. The Morgan fingerprint density at radius 2 is 1.81 bits per heavy atom. The van der Waals surface area contributed by atoms with Crippen molar-refractivity contribution in [2.24, 2.45) is 5.92 Å². The van der Waals surface area contributed by atoms with Gasteiger partial charge in [0.1, 0.15) is 23.9 Å². The van der Waals surface area contributed by atoms with Crippen molar-refractivity contribution in [2.75, 3.05) is 0 Å². The molecule has 2 N–H and O–H groups in total. The summed E-state index contributed by atoms with van der Waals surface area (Å²) in [5.41, 5.74) is 0. The summed E-state index contributed by atoms with van der Waals surface area (Å²) in [6.45, 7) is 0.128. The van der Waals surface area contributed by atoms with Crippen molar-refractivity contribution >= 4 is 11.9 Å². The van der Waals surface area contributed by atoms with E-state index in [-0.39, 0.29) is 36.1 Å². The van der Waals surface area contributed by atoms with Crippen LogP contribution in [-0.4, -0.2) is 23.0 Å². The second kappa shape index (κ2) is 8.03. The molecule has 2 aromatic rings. The van der Waals surface area contributed by atoms with Gasteiger partial charge < -0.3 is 19.6 Å². The van der Waals surface area contributed by atoms with E-state index >= 15 is 0 Å². The summed E-state index contributed by atoms with van der Waals surface area (Å²) < 4.78 is 23.8. The van der Waals surface area contributed by atoms with Crippen LogP contribution in [0.4, 0.5) is 4.39 Å². The number of carbonyl (C=O) groups is 2. The number of benzene rings is 1. The molecule has 1 fully saturated rings. The van der Waals surface area contributed by atoms with Crippen molar-refractivity contribution in [1.29, 1.82) is 0 Å². The highest BCUT2D eigenvalue weighted by Gasteiger charge is 2.27. The minimum atomic E-state index is -0.772. The molecule has 1 amide bonds. The minimum absolute atomic E-state index is 0.0397. The second-order valence-corrected chi connectivity index (χ2v) is 6.37. The van der Waals surface area contributed by atoms with Crippen LogP contribution in [0, 0.1) is 11.7 Å². The van der Waals surface area contributed by atoms with Gasteiger partial charge in [-0.1, -0.05) is 0 Å². The maximum Gasteiger partial charge on any atom is 0.306 e. The molecule has 1 heterocycles. The molecule has 138 valence electrons. The molecule has 0 spiro atoms. The van der Waals surface area contributed by atoms with Crippen molar-refractivity contribution < 1.29 is 28.2 Å². The van der Waals surface area contributed by atoms with Crippen LogP contribution in [0.25, 0.3) is 0 Å². The highest BCUT2D eigenvalue weighted by molar-refractivity contribution is 5.91. The van der Waals surface area contributed by atoms with Crippen LogP contribution < -0.4 is 10.1 Å². The number of carbonyl (C=O) groups excluding carboxylic acids is 1. The van der Waals surface area contributed by atoms with Crippen molar-refractivity contribution in [3.05, 3.63) is 53.7 Å². The molecule has 0 saturated heterocycles. The number of carboxylic acids is 1. The molecule has 26 heavy (non-hydrogen) atoms. The summed E-state index contributed by atoms with van der Waals surface area (Å²) in [7, 11) is 0. The maximum absolute atomic E-state index is 12.8. The monoisotopic (exact) mass is 361 g/mol. The van der Waals surface area contributed by atoms with Gasteiger partial charge >= 0.3 is 5.97 Å². The number of aliphatic carboxylic acids is 1. The first kappa shape index (κ1) is 18.0. The number of furan rings is 1. The number of hydrogen-bond donors (Lipinski definition) is 2. The predicted octanol–water partition coefficient (Wildman–Crippen LogP) is 3.37. The third kappa shape index (κ3) is 4.62. The van der Waals surface area contributed by atoms with E-state index in [0.29, 0.717) is 37.2 Å². The lowest BCUT2D eigenvalue weighted by Gasteiger charge is -2.26. The Balaban J connectivity index is 1.48. The molecule has 0 atom stereocenters. The van der Waals surface area contributed by atoms with Crippen LogP contribution >= 0.6 is 0 Å². The molecule has 0 bridgehead atoms. The van der Waals surface area contributed by atoms with Gasteiger partial charge in [0, 0.05) is 6.04 Å². The van der Waals surface area contributed by atoms with Crippen LogP contribution in [-0.2, 0) is 11.4 Å². The lowest BCUT2D eigenvalue weighted by atomic mass is 9.86. The first-order valence-corrected chi connectivity index (χ1v) is 8.52. The standard InChI is InChI=1S/C19H20FNO5/c20-13-3-7-15(8-4-13)25-11-16-9-10-17(26-16)18(22)21-14-5-1-12(2-6-14)19(23)24/h3-4,7-10,12,14H,1-2,5-6,11H2,(H,21,22)(H,23,24). The predicted molar refractivity (Wildman–Crippen MR) is 90.3 cm³/mol. The summed E-state index contributed by atoms with van der Waals surface area (Å²) in [5.74, 6) is -0.585. The molecule has 1 aromatic heterocycles. The van der Waals surface area contributed by atoms with Crippen LogP contribution in [0.1, 0.15) is 42.0 Å². The largest absolute Gasteiger partial charge is 0.486 e. The fraction of sp³-hybridized carbons (Fsp3) is 0.368. The number of amides is 1. The first-order chi connectivity index (χ1) is 12.5. The molecule has 6 nitrogen and oxygen atoms in total. The van der Waals surface area contributed by atoms with Crippen molar-refractivity contribution in [3.8, 4) is 5.75 Å². The number of halogens is 1. The molecule has 0 aliphatic heterocycles. The highest BCUT2D eigenvalue weighted by atomic mass is 19.1. The van der Waals surface area contributed by atoms with Gasteiger partial charge in [-0.3, -0.25) is 9.59 Å². The third-order valence-corrected chi connectivity index (χ3v) is 4.49. The van der Waals surface area contributed by atoms with Gasteiger partial charge in [0.05, 0.1) is 5.92 Å². The van der Waals surface area contributed by atoms with E-state index in [0.717, 1.165) is 0 Å². The molecule has 0 radical (unpaired) electrons. The zero-order valence-electron chi connectivity index (χ0n) is 14.1. The van der Waals surface area contributed by atoms with E-state index in [1.807, 2.05) is 0 Å². The molecule has 1 aromatic carbocycles.